The van der Waals surface area contributed by atoms with Crippen molar-refractivity contribution in [2.75, 3.05) is 13.7 Å². The molecular weight excluding hydrogens is 320 g/mol. The van der Waals surface area contributed by atoms with Crippen LogP contribution >= 0.6 is 11.3 Å². The third-order valence-corrected chi connectivity index (χ3v) is 5.53. The topological polar surface area (TPSA) is 68.3 Å². The van der Waals surface area contributed by atoms with Crippen molar-refractivity contribution in [3.8, 4) is 0 Å². The van der Waals surface area contributed by atoms with E-state index in [0.717, 1.165) is 22.7 Å². The van der Waals surface area contributed by atoms with Crippen molar-refractivity contribution in [1.82, 2.24) is 9.71 Å². The highest BCUT2D eigenvalue weighted by Gasteiger charge is 2.13. The maximum absolute atomic E-state index is 12.2. The number of hydrogen-bond donors (Lipinski definition) is 1. The van der Waals surface area contributed by atoms with Gasteiger partial charge in [-0.2, -0.15) is 0 Å². The van der Waals surface area contributed by atoms with Gasteiger partial charge in [0.25, 0.3) is 0 Å². The minimum absolute atomic E-state index is 0.294. The van der Waals surface area contributed by atoms with Gasteiger partial charge in [-0.25, -0.2) is 18.1 Å². The summed E-state index contributed by atoms with van der Waals surface area (Å²) in [6.07, 6.45) is 1.45. The van der Waals surface area contributed by atoms with Crippen LogP contribution in [0.3, 0.4) is 0 Å². The van der Waals surface area contributed by atoms with E-state index in [4.69, 9.17) is 4.74 Å². The predicted molar refractivity (Wildman–Crippen MR) is 87.5 cm³/mol. The number of ether oxygens (including phenoxy) is 1. The van der Waals surface area contributed by atoms with Crippen LogP contribution in [0.5, 0.6) is 0 Å². The minimum Gasteiger partial charge on any atom is -0.378 e. The Labute approximate surface area is 135 Å². The fourth-order valence-electron chi connectivity index (χ4n) is 1.95. The zero-order chi connectivity index (χ0) is 16.0. The van der Waals surface area contributed by atoms with Crippen molar-refractivity contribution in [2.24, 2.45) is 0 Å². The second-order valence-electron chi connectivity index (χ2n) is 4.81. The maximum atomic E-state index is 12.2. The van der Waals surface area contributed by atoms with E-state index in [1.165, 1.54) is 11.3 Å². The minimum atomic E-state index is -3.46. The highest BCUT2D eigenvalue weighted by atomic mass is 32.2. The van der Waals surface area contributed by atoms with Gasteiger partial charge in [0.1, 0.15) is 5.01 Å². The lowest BCUT2D eigenvalue weighted by atomic mass is 10.2. The van der Waals surface area contributed by atoms with Crippen molar-refractivity contribution in [1.29, 1.82) is 0 Å². The fraction of sp³-hybridized carbons (Fsp3) is 0.400. The summed E-state index contributed by atoms with van der Waals surface area (Å²) < 4.78 is 32.0. The maximum Gasteiger partial charge on any atom is 0.240 e. The van der Waals surface area contributed by atoms with Gasteiger partial charge in [0.2, 0.25) is 10.0 Å². The number of thiazole rings is 1. The molecule has 0 saturated carbocycles. The van der Waals surface area contributed by atoms with Gasteiger partial charge in [0, 0.05) is 25.5 Å². The second-order valence-corrected chi connectivity index (χ2v) is 7.52. The molecule has 0 radical (unpaired) electrons. The summed E-state index contributed by atoms with van der Waals surface area (Å²) in [5, 5.41) is 2.83. The Bertz CT molecular complexity index is 694. The normalized spacial score (nSPS) is 11.7. The Morgan fingerprint density at radius 2 is 2.00 bits per heavy atom. The number of hydrogen-bond acceptors (Lipinski definition) is 5. The van der Waals surface area contributed by atoms with Crippen LogP contribution in [-0.4, -0.2) is 27.1 Å². The Hall–Kier alpha value is -1.28. The van der Waals surface area contributed by atoms with Crippen LogP contribution in [0.1, 0.15) is 23.2 Å². The summed E-state index contributed by atoms with van der Waals surface area (Å²) in [6, 6.07) is 6.96. The molecule has 5 nitrogen and oxygen atoms in total. The zero-order valence-electron chi connectivity index (χ0n) is 12.7. The molecule has 0 spiro atoms. The predicted octanol–water partition coefficient (Wildman–Crippen LogP) is 2.37. The molecule has 1 aromatic carbocycles. The molecule has 0 aliphatic heterocycles. The number of nitrogens with one attached hydrogen (secondary N) is 1. The van der Waals surface area contributed by atoms with E-state index in [1.54, 1.807) is 19.2 Å². The molecule has 0 amide bonds. The molecule has 120 valence electrons. The highest BCUT2D eigenvalue weighted by Crippen LogP contribution is 2.13. The van der Waals surface area contributed by atoms with Gasteiger partial charge >= 0.3 is 0 Å². The van der Waals surface area contributed by atoms with Crippen molar-refractivity contribution in [3.05, 3.63) is 45.9 Å². The molecular formula is C15H20N2O3S2. The van der Waals surface area contributed by atoms with Crippen molar-refractivity contribution in [3.63, 3.8) is 0 Å². The SMILES string of the molecule is CCc1ccc(S(=O)(=O)NCCc2csc(COC)n2)cc1. The standard InChI is InChI=1S/C15H20N2O3S2/c1-3-12-4-6-14(7-5-12)22(18,19)16-9-8-13-11-21-15(17-13)10-20-2/h4-7,11,16H,3,8-10H2,1-2H3. The number of rotatable bonds is 8. The lowest BCUT2D eigenvalue weighted by Crippen LogP contribution is -2.26. The number of methoxy groups -OCH3 is 1. The first-order valence-electron chi connectivity index (χ1n) is 7.06. The average Bonchev–Trinajstić information content (AvgIpc) is 2.95. The van der Waals surface area contributed by atoms with Crippen LogP contribution < -0.4 is 4.72 Å². The van der Waals surface area contributed by atoms with Gasteiger partial charge in [-0.1, -0.05) is 19.1 Å². The monoisotopic (exact) mass is 340 g/mol. The van der Waals surface area contributed by atoms with Crippen molar-refractivity contribution >= 4 is 21.4 Å². The zero-order valence-corrected chi connectivity index (χ0v) is 14.3. The van der Waals surface area contributed by atoms with Crippen LogP contribution in [0.15, 0.2) is 34.5 Å². The summed E-state index contributed by atoms with van der Waals surface area (Å²) in [6.45, 7) is 2.85. The molecule has 7 heteroatoms. The fourth-order valence-corrected chi connectivity index (χ4v) is 3.78. The van der Waals surface area contributed by atoms with E-state index in [0.29, 0.717) is 24.5 Å². The molecule has 1 aromatic heterocycles. The third kappa shape index (κ3) is 4.61. The molecule has 0 bridgehead atoms. The van der Waals surface area contributed by atoms with Gasteiger partial charge < -0.3 is 4.74 Å². The smallest absolute Gasteiger partial charge is 0.240 e. The van der Waals surface area contributed by atoms with Crippen LogP contribution in [0.25, 0.3) is 0 Å². The Morgan fingerprint density at radius 3 is 2.64 bits per heavy atom. The first-order chi connectivity index (χ1) is 10.5. The molecule has 1 heterocycles. The van der Waals surface area contributed by atoms with E-state index in [-0.39, 0.29) is 0 Å². The highest BCUT2D eigenvalue weighted by molar-refractivity contribution is 7.89. The summed E-state index contributed by atoms with van der Waals surface area (Å²) in [7, 11) is -1.83. The summed E-state index contributed by atoms with van der Waals surface area (Å²) in [5.74, 6) is 0. The van der Waals surface area contributed by atoms with Gasteiger partial charge in [0.15, 0.2) is 0 Å². The van der Waals surface area contributed by atoms with Gasteiger partial charge in [-0.05, 0) is 24.1 Å². The van der Waals surface area contributed by atoms with Crippen molar-refractivity contribution < 1.29 is 13.2 Å². The van der Waals surface area contributed by atoms with Gasteiger partial charge in [-0.15, -0.1) is 11.3 Å². The molecule has 2 rings (SSSR count). The lowest BCUT2D eigenvalue weighted by molar-refractivity contribution is 0.184. The molecule has 0 unspecified atom stereocenters. The van der Waals surface area contributed by atoms with E-state index >= 15 is 0 Å². The van der Waals surface area contributed by atoms with E-state index in [9.17, 15) is 8.42 Å². The number of benzene rings is 1. The van der Waals surface area contributed by atoms with Gasteiger partial charge in [-0.3, -0.25) is 0 Å². The largest absolute Gasteiger partial charge is 0.378 e. The molecule has 0 saturated heterocycles. The van der Waals surface area contributed by atoms with Crippen LogP contribution in [-0.2, 0) is 34.2 Å². The molecule has 0 aliphatic rings. The van der Waals surface area contributed by atoms with Gasteiger partial charge in [0.05, 0.1) is 17.2 Å². The second kappa shape index (κ2) is 7.82. The molecule has 1 N–H and O–H groups in total. The van der Waals surface area contributed by atoms with Crippen LogP contribution in [0, 0.1) is 0 Å². The quantitative estimate of drug-likeness (QED) is 0.801. The third-order valence-electron chi connectivity index (χ3n) is 3.18. The number of aromatic nitrogens is 1. The average molecular weight is 340 g/mol. The molecule has 0 fully saturated rings. The number of aryl methyl sites for hydroxylation is 1. The Morgan fingerprint density at radius 1 is 1.27 bits per heavy atom. The molecule has 0 atom stereocenters. The van der Waals surface area contributed by atoms with E-state index in [2.05, 4.69) is 9.71 Å². The molecule has 2 aromatic rings. The summed E-state index contributed by atoms with van der Waals surface area (Å²) >= 11 is 1.52. The summed E-state index contributed by atoms with van der Waals surface area (Å²) in [5.41, 5.74) is 1.99. The lowest BCUT2D eigenvalue weighted by Gasteiger charge is -2.06. The van der Waals surface area contributed by atoms with E-state index in [1.807, 2.05) is 24.4 Å². The molecule has 0 aliphatic carbocycles. The first-order valence-corrected chi connectivity index (χ1v) is 9.42. The Balaban J connectivity index is 1.91. The Kier molecular flexibility index (Phi) is 6.07. The summed E-state index contributed by atoms with van der Waals surface area (Å²) in [4.78, 5) is 4.67. The first kappa shape index (κ1) is 17.1. The van der Waals surface area contributed by atoms with Crippen molar-refractivity contribution in [2.45, 2.75) is 31.3 Å². The molecule has 22 heavy (non-hydrogen) atoms. The van der Waals surface area contributed by atoms with E-state index < -0.39 is 10.0 Å². The van der Waals surface area contributed by atoms with Crippen LogP contribution in [0.2, 0.25) is 0 Å². The van der Waals surface area contributed by atoms with Crippen LogP contribution in [0.4, 0.5) is 0 Å². The number of sulfonamides is 1. The number of nitrogens with zero attached hydrogens (tertiary/aromatic N) is 1.